The van der Waals surface area contributed by atoms with Gasteiger partial charge in [-0.15, -0.1) is 0 Å². The largest absolute Gasteiger partial charge is 0.393 e. The van der Waals surface area contributed by atoms with Crippen LogP contribution in [0, 0.1) is 5.92 Å². The summed E-state index contributed by atoms with van der Waals surface area (Å²) in [5.41, 5.74) is 5.55. The number of amides is 1. The van der Waals surface area contributed by atoms with Crippen molar-refractivity contribution < 1.29 is 9.90 Å². The van der Waals surface area contributed by atoms with Crippen molar-refractivity contribution >= 4 is 22.5 Å². The van der Waals surface area contributed by atoms with Crippen molar-refractivity contribution in [2.24, 2.45) is 5.92 Å². The molecule has 2 bridgehead atoms. The van der Waals surface area contributed by atoms with Crippen molar-refractivity contribution in [3.8, 4) is 11.3 Å². The number of aromatic amines is 1. The summed E-state index contributed by atoms with van der Waals surface area (Å²) >= 11 is 0. The number of anilines is 1. The molecule has 39 heavy (non-hydrogen) atoms. The Kier molecular flexibility index (Phi) is 6.31. The molecule has 4 aromatic rings. The number of aromatic nitrogens is 3. The Bertz CT molecular complexity index is 1450. The number of carbonyl (C=O) groups excluding carboxylic acids is 1. The minimum Gasteiger partial charge on any atom is -0.393 e. The van der Waals surface area contributed by atoms with Crippen LogP contribution in [0.4, 0.5) is 5.69 Å². The predicted molar refractivity (Wildman–Crippen MR) is 152 cm³/mol. The highest BCUT2D eigenvalue weighted by molar-refractivity contribution is 6.01. The molecule has 7 nitrogen and oxygen atoms in total. The van der Waals surface area contributed by atoms with Crippen LogP contribution >= 0.6 is 0 Å². The summed E-state index contributed by atoms with van der Waals surface area (Å²) in [7, 11) is 0. The van der Waals surface area contributed by atoms with E-state index in [0.717, 1.165) is 66.4 Å². The van der Waals surface area contributed by atoms with Gasteiger partial charge in [0.1, 0.15) is 0 Å². The molecule has 2 aromatic heterocycles. The highest BCUT2D eigenvalue weighted by Crippen LogP contribution is 2.40. The van der Waals surface area contributed by atoms with Gasteiger partial charge in [-0.1, -0.05) is 31.0 Å². The van der Waals surface area contributed by atoms with Gasteiger partial charge in [-0.25, -0.2) is 0 Å². The van der Waals surface area contributed by atoms with Crippen LogP contribution in [-0.4, -0.2) is 44.4 Å². The van der Waals surface area contributed by atoms with Crippen molar-refractivity contribution in [3.63, 3.8) is 0 Å². The summed E-state index contributed by atoms with van der Waals surface area (Å²) in [6.45, 7) is 0. The van der Waals surface area contributed by atoms with E-state index in [4.69, 9.17) is 0 Å². The summed E-state index contributed by atoms with van der Waals surface area (Å²) in [6.07, 6.45) is 10.3. The number of aliphatic hydroxyl groups excluding tert-OH is 1. The van der Waals surface area contributed by atoms with Gasteiger partial charge in [0, 0.05) is 40.5 Å². The first kappa shape index (κ1) is 24.3. The van der Waals surface area contributed by atoms with Crippen LogP contribution < -0.4 is 10.2 Å². The second-order valence-electron chi connectivity index (χ2n) is 11.5. The monoisotopic (exact) mass is 521 g/mol. The van der Waals surface area contributed by atoms with Crippen molar-refractivity contribution in [1.82, 2.24) is 20.5 Å². The number of hydrogen-bond donors (Lipinski definition) is 3. The molecule has 0 spiro atoms. The lowest BCUT2D eigenvalue weighted by Gasteiger charge is -2.39. The zero-order valence-corrected chi connectivity index (χ0v) is 22.1. The van der Waals surface area contributed by atoms with Crippen molar-refractivity contribution in [3.05, 3.63) is 78.1 Å². The fourth-order valence-corrected chi connectivity index (χ4v) is 7.25. The lowest BCUT2D eigenvalue weighted by Crippen LogP contribution is -2.44. The van der Waals surface area contributed by atoms with E-state index < -0.39 is 0 Å². The summed E-state index contributed by atoms with van der Waals surface area (Å²) < 4.78 is 0. The van der Waals surface area contributed by atoms with Gasteiger partial charge >= 0.3 is 0 Å². The number of hydrogen-bond acceptors (Lipinski definition) is 5. The number of fused-ring (bicyclic) bond motifs is 3. The molecule has 0 unspecified atom stereocenters. The Morgan fingerprint density at radius 3 is 2.46 bits per heavy atom. The van der Waals surface area contributed by atoms with Crippen molar-refractivity contribution in [2.45, 2.75) is 75.6 Å². The quantitative estimate of drug-likeness (QED) is 0.299. The summed E-state index contributed by atoms with van der Waals surface area (Å²) in [5.74, 6) is 0.332. The Hall–Kier alpha value is -3.71. The molecule has 3 N–H and O–H groups in total. The maximum Gasteiger partial charge on any atom is 0.251 e. The maximum absolute atomic E-state index is 13.5. The number of rotatable bonds is 6. The highest BCUT2D eigenvalue weighted by atomic mass is 16.3. The second-order valence-corrected chi connectivity index (χ2v) is 11.5. The van der Waals surface area contributed by atoms with E-state index in [2.05, 4.69) is 49.7 Å². The Balaban J connectivity index is 1.14. The third-order valence-corrected chi connectivity index (χ3v) is 9.14. The van der Waals surface area contributed by atoms with Gasteiger partial charge < -0.3 is 15.3 Å². The molecule has 2 aromatic carbocycles. The molecule has 1 amide bonds. The molecule has 200 valence electrons. The smallest absolute Gasteiger partial charge is 0.251 e. The van der Waals surface area contributed by atoms with Gasteiger partial charge in [0.2, 0.25) is 0 Å². The molecule has 4 heterocycles. The Morgan fingerprint density at radius 1 is 0.974 bits per heavy atom. The minimum atomic E-state index is -0.169. The first-order valence-electron chi connectivity index (χ1n) is 14.4. The zero-order valence-electron chi connectivity index (χ0n) is 22.1. The molecule has 2 aliphatic heterocycles. The second kappa shape index (κ2) is 10.1. The molecule has 3 fully saturated rings. The normalized spacial score (nSPS) is 23.8. The predicted octanol–water partition coefficient (Wildman–Crippen LogP) is 5.78. The molecular weight excluding hydrogens is 486 g/mol. The fourth-order valence-electron chi connectivity index (χ4n) is 7.25. The Labute approximate surface area is 228 Å². The van der Waals surface area contributed by atoms with Gasteiger partial charge in [0.25, 0.3) is 5.91 Å². The number of benzene rings is 2. The summed E-state index contributed by atoms with van der Waals surface area (Å²) in [6, 6.07) is 21.1. The van der Waals surface area contributed by atoms with E-state index >= 15 is 0 Å². The fraction of sp³-hybridized carbons (Fsp3) is 0.406. The van der Waals surface area contributed by atoms with Crippen LogP contribution in [0.1, 0.15) is 73.5 Å². The van der Waals surface area contributed by atoms with E-state index in [0.29, 0.717) is 23.6 Å². The standard InChI is InChI=1S/C32H35N5O2/c38-26-18-24-13-14-25(19-26)37(24)23-11-8-21(9-12-23)30-27-17-22(10-15-28(27)35-36-30)32(39)34-31(20-5-1-2-6-20)29-7-3-4-16-33-29/h3-4,7-12,15-17,20,24-26,31,38H,1-2,5-6,13-14,18-19H2,(H,34,39)(H,35,36)/t24-,25+,26+,31-/m0/s1. The van der Waals surface area contributed by atoms with Gasteiger partial charge in [0.05, 0.1) is 29.1 Å². The third-order valence-electron chi connectivity index (χ3n) is 9.14. The van der Waals surface area contributed by atoms with Crippen LogP contribution in [0.15, 0.2) is 66.9 Å². The van der Waals surface area contributed by atoms with E-state index in [1.807, 2.05) is 36.4 Å². The molecule has 2 saturated heterocycles. The summed E-state index contributed by atoms with van der Waals surface area (Å²) in [5, 5.41) is 22.2. The molecular formula is C32H35N5O2. The van der Waals surface area contributed by atoms with E-state index in [9.17, 15) is 9.90 Å². The van der Waals surface area contributed by atoms with Gasteiger partial charge in [-0.05, 0) is 86.9 Å². The number of nitrogens with one attached hydrogen (secondary N) is 2. The molecule has 0 radical (unpaired) electrons. The number of aliphatic hydroxyl groups is 1. The van der Waals surface area contributed by atoms with Crippen LogP contribution in [0.5, 0.6) is 0 Å². The average Bonchev–Trinajstić information content (AvgIpc) is 3.70. The van der Waals surface area contributed by atoms with Crippen LogP contribution in [-0.2, 0) is 0 Å². The molecule has 1 saturated carbocycles. The molecule has 7 rings (SSSR count). The lowest BCUT2D eigenvalue weighted by atomic mass is 9.94. The molecule has 4 atom stereocenters. The SMILES string of the molecule is O=C(N[C@H](c1ccccn1)C1CCCC1)c1ccc2[nH]nc(-c3ccc(N4[C@@H]5CC[C@H]4C[C@@H](O)C5)cc3)c2c1. The van der Waals surface area contributed by atoms with Crippen LogP contribution in [0.2, 0.25) is 0 Å². The topological polar surface area (TPSA) is 94.1 Å². The van der Waals surface area contributed by atoms with E-state index in [1.54, 1.807) is 6.20 Å². The van der Waals surface area contributed by atoms with Crippen molar-refractivity contribution in [1.29, 1.82) is 0 Å². The van der Waals surface area contributed by atoms with Crippen molar-refractivity contribution in [2.75, 3.05) is 4.90 Å². The first-order valence-corrected chi connectivity index (χ1v) is 14.4. The molecule has 7 heteroatoms. The van der Waals surface area contributed by atoms with Gasteiger partial charge in [-0.2, -0.15) is 5.10 Å². The zero-order chi connectivity index (χ0) is 26.3. The van der Waals surface area contributed by atoms with E-state index in [-0.39, 0.29) is 18.1 Å². The number of carbonyl (C=O) groups is 1. The lowest BCUT2D eigenvalue weighted by molar-refractivity contribution is 0.0920. The average molecular weight is 522 g/mol. The van der Waals surface area contributed by atoms with Gasteiger partial charge in [0.15, 0.2) is 0 Å². The maximum atomic E-state index is 13.5. The molecule has 1 aliphatic carbocycles. The Morgan fingerprint density at radius 2 is 1.74 bits per heavy atom. The minimum absolute atomic E-state index is 0.0790. The summed E-state index contributed by atoms with van der Waals surface area (Å²) in [4.78, 5) is 20.6. The highest BCUT2D eigenvalue weighted by Gasteiger charge is 2.40. The number of H-pyrrole nitrogens is 1. The third kappa shape index (κ3) is 4.59. The van der Waals surface area contributed by atoms with Crippen LogP contribution in [0.25, 0.3) is 22.2 Å². The van der Waals surface area contributed by atoms with E-state index in [1.165, 1.54) is 18.5 Å². The van der Waals surface area contributed by atoms with Crippen LogP contribution in [0.3, 0.4) is 0 Å². The number of nitrogens with zero attached hydrogens (tertiary/aromatic N) is 3. The van der Waals surface area contributed by atoms with Gasteiger partial charge in [-0.3, -0.25) is 14.9 Å². The first-order chi connectivity index (χ1) is 19.1. The molecule has 3 aliphatic rings. The number of pyridine rings is 1. The number of piperidine rings is 1.